The minimum atomic E-state index is -0.788. The highest BCUT2D eigenvalue weighted by Crippen LogP contribution is 2.48. The topological polar surface area (TPSA) is 0 Å². The SMILES string of the molecule is C1=CC(=[Si](Cc2ccccc2)Cc2ccccc2)C=C1C1c2ccccc2-c2ccccc21. The van der Waals surface area contributed by atoms with Gasteiger partial charge in [-0.1, -0.05) is 127 Å². The lowest BCUT2D eigenvalue weighted by atomic mass is 9.90. The second-order valence-corrected chi connectivity index (χ2v) is 11.5. The summed E-state index contributed by atoms with van der Waals surface area (Å²) in [5.74, 6) is 0.336. The van der Waals surface area contributed by atoms with Gasteiger partial charge in [0.2, 0.25) is 0 Å². The van der Waals surface area contributed by atoms with Crippen LogP contribution in [-0.4, -0.2) is 13.6 Å². The van der Waals surface area contributed by atoms with E-state index in [1.54, 1.807) is 5.17 Å². The number of hydrogen-bond donors (Lipinski definition) is 0. The van der Waals surface area contributed by atoms with E-state index in [-0.39, 0.29) is 0 Å². The molecule has 0 heterocycles. The van der Waals surface area contributed by atoms with Crippen LogP contribution in [0.25, 0.3) is 11.1 Å². The van der Waals surface area contributed by atoms with Crippen LogP contribution in [0.2, 0.25) is 0 Å². The number of hydrogen-bond acceptors (Lipinski definition) is 0. The summed E-state index contributed by atoms with van der Waals surface area (Å²) < 4.78 is 0. The van der Waals surface area contributed by atoms with Crippen LogP contribution in [0.5, 0.6) is 0 Å². The molecule has 2 aliphatic carbocycles. The summed E-state index contributed by atoms with van der Waals surface area (Å²) >= 11 is 0. The number of allylic oxidation sites excluding steroid dienone is 4. The van der Waals surface area contributed by atoms with E-state index in [4.69, 9.17) is 0 Å². The Morgan fingerprint density at radius 3 is 1.55 bits per heavy atom. The van der Waals surface area contributed by atoms with Gasteiger partial charge in [-0.05, 0) is 56.2 Å². The molecule has 0 atom stereocenters. The standard InChI is InChI=1S/C32H26Si/c1-3-11-24(12-4-1)22-33(23-25-13-5-2-6-14-25)27-20-19-26(21-27)32-30-17-9-7-15-28(30)29-16-8-10-18-31(29)32/h1-21,32H,22-23H2. The lowest BCUT2D eigenvalue weighted by Gasteiger charge is -2.14. The number of rotatable bonds is 5. The van der Waals surface area contributed by atoms with E-state index in [0.717, 1.165) is 12.1 Å². The van der Waals surface area contributed by atoms with E-state index in [2.05, 4.69) is 127 Å². The summed E-state index contributed by atoms with van der Waals surface area (Å²) in [5, 5.41) is 1.55. The molecule has 158 valence electrons. The van der Waals surface area contributed by atoms with Crippen LogP contribution in [0.15, 0.2) is 133 Å². The van der Waals surface area contributed by atoms with Gasteiger partial charge >= 0.3 is 0 Å². The van der Waals surface area contributed by atoms with Gasteiger partial charge in [0, 0.05) is 14.3 Å². The van der Waals surface area contributed by atoms with Crippen LogP contribution in [0, 0.1) is 0 Å². The molecule has 0 aromatic heterocycles. The van der Waals surface area contributed by atoms with Gasteiger partial charge in [-0.3, -0.25) is 0 Å². The van der Waals surface area contributed by atoms with Crippen molar-refractivity contribution in [3.8, 4) is 11.1 Å². The quantitative estimate of drug-likeness (QED) is 0.291. The third kappa shape index (κ3) is 3.90. The van der Waals surface area contributed by atoms with Gasteiger partial charge in [-0.25, -0.2) is 0 Å². The second kappa shape index (κ2) is 8.76. The second-order valence-electron chi connectivity index (χ2n) is 8.97. The molecule has 6 rings (SSSR count). The van der Waals surface area contributed by atoms with Gasteiger partial charge in [-0.15, -0.1) is 0 Å². The van der Waals surface area contributed by atoms with Crippen LogP contribution in [0.3, 0.4) is 0 Å². The molecule has 33 heavy (non-hydrogen) atoms. The summed E-state index contributed by atoms with van der Waals surface area (Å²) in [6.07, 6.45) is 7.32. The first kappa shape index (κ1) is 20.1. The molecule has 0 unspecified atom stereocenters. The molecule has 0 saturated carbocycles. The highest BCUT2D eigenvalue weighted by atomic mass is 28.2. The zero-order valence-electron chi connectivity index (χ0n) is 18.6. The minimum absolute atomic E-state index is 0.336. The van der Waals surface area contributed by atoms with Gasteiger partial charge in [0.25, 0.3) is 0 Å². The molecule has 0 saturated heterocycles. The maximum atomic E-state index is 2.52. The van der Waals surface area contributed by atoms with E-state index in [1.807, 2.05) is 0 Å². The van der Waals surface area contributed by atoms with E-state index in [9.17, 15) is 0 Å². The molecule has 4 aromatic rings. The summed E-state index contributed by atoms with van der Waals surface area (Å²) in [7, 11) is -0.788. The van der Waals surface area contributed by atoms with E-state index >= 15 is 0 Å². The molecule has 2 aliphatic rings. The lowest BCUT2D eigenvalue weighted by molar-refractivity contribution is 1.02. The lowest BCUT2D eigenvalue weighted by Crippen LogP contribution is -2.19. The average molecular weight is 439 g/mol. The zero-order valence-corrected chi connectivity index (χ0v) is 19.6. The fourth-order valence-electron chi connectivity index (χ4n) is 5.33. The largest absolute Gasteiger partial charge is 0.0622 e. The molecular weight excluding hydrogens is 412 g/mol. The molecule has 0 fully saturated rings. The third-order valence-corrected chi connectivity index (χ3v) is 9.67. The summed E-state index contributed by atoms with van der Waals surface area (Å²) in [6, 6.07) is 42.2. The first-order valence-corrected chi connectivity index (χ1v) is 13.7. The smallest absolute Gasteiger partial charge is 0.0352 e. The van der Waals surface area contributed by atoms with Crippen LogP contribution >= 0.6 is 0 Å². The van der Waals surface area contributed by atoms with Gasteiger partial charge in [0.05, 0.1) is 0 Å². The van der Waals surface area contributed by atoms with E-state index in [1.165, 1.54) is 39.0 Å². The first-order valence-electron chi connectivity index (χ1n) is 11.7. The predicted molar refractivity (Wildman–Crippen MR) is 142 cm³/mol. The summed E-state index contributed by atoms with van der Waals surface area (Å²) in [6.45, 7) is 0. The predicted octanol–water partition coefficient (Wildman–Crippen LogP) is 7.11. The van der Waals surface area contributed by atoms with Crippen molar-refractivity contribution in [1.82, 2.24) is 0 Å². The Morgan fingerprint density at radius 1 is 0.515 bits per heavy atom. The van der Waals surface area contributed by atoms with Crippen LogP contribution in [0.1, 0.15) is 28.2 Å². The van der Waals surface area contributed by atoms with Crippen molar-refractivity contribution in [2.75, 3.05) is 0 Å². The Bertz CT molecular complexity index is 1300. The van der Waals surface area contributed by atoms with Crippen molar-refractivity contribution < 1.29 is 0 Å². The average Bonchev–Trinajstić information content (AvgIpc) is 3.48. The highest BCUT2D eigenvalue weighted by molar-refractivity contribution is 6.74. The first-order chi connectivity index (χ1) is 16.4. The highest BCUT2D eigenvalue weighted by Gasteiger charge is 2.30. The number of fused-ring (bicyclic) bond motifs is 3. The molecule has 1 heteroatoms. The minimum Gasteiger partial charge on any atom is -0.0622 e. The van der Waals surface area contributed by atoms with Gasteiger partial charge in [0.15, 0.2) is 0 Å². The normalized spacial score (nSPS) is 14.2. The molecule has 0 spiro atoms. The van der Waals surface area contributed by atoms with E-state index < -0.39 is 8.41 Å². The summed E-state index contributed by atoms with van der Waals surface area (Å²) in [5.41, 5.74) is 9.99. The third-order valence-electron chi connectivity index (χ3n) is 6.87. The van der Waals surface area contributed by atoms with Gasteiger partial charge < -0.3 is 0 Å². The van der Waals surface area contributed by atoms with Crippen LogP contribution < -0.4 is 0 Å². The molecule has 0 amide bonds. The Kier molecular flexibility index (Phi) is 5.33. The Hall–Kier alpha value is -3.55. The Balaban J connectivity index is 1.42. The van der Waals surface area contributed by atoms with Crippen LogP contribution in [0.4, 0.5) is 0 Å². The molecular formula is C32H26Si. The van der Waals surface area contributed by atoms with Gasteiger partial charge in [-0.2, -0.15) is 0 Å². The zero-order chi connectivity index (χ0) is 22.0. The fraction of sp³-hybridized carbons (Fsp3) is 0.0938. The van der Waals surface area contributed by atoms with Crippen molar-refractivity contribution in [3.05, 3.63) is 155 Å². The summed E-state index contributed by atoms with van der Waals surface area (Å²) in [4.78, 5) is 0. The van der Waals surface area contributed by atoms with Crippen molar-refractivity contribution in [2.45, 2.75) is 18.0 Å². The molecule has 0 N–H and O–H groups in total. The Labute approximate surface area is 197 Å². The number of benzene rings is 4. The monoisotopic (exact) mass is 438 g/mol. The molecule has 0 aliphatic heterocycles. The molecule has 0 bridgehead atoms. The maximum absolute atomic E-state index is 2.52. The van der Waals surface area contributed by atoms with Gasteiger partial charge in [0.1, 0.15) is 0 Å². The van der Waals surface area contributed by atoms with Crippen molar-refractivity contribution in [2.24, 2.45) is 0 Å². The van der Waals surface area contributed by atoms with Crippen molar-refractivity contribution in [3.63, 3.8) is 0 Å². The van der Waals surface area contributed by atoms with E-state index in [0.29, 0.717) is 5.92 Å². The van der Waals surface area contributed by atoms with Crippen LogP contribution in [-0.2, 0) is 12.1 Å². The molecule has 4 aromatic carbocycles. The maximum Gasteiger partial charge on any atom is 0.0352 e. The molecule has 0 nitrogen and oxygen atoms in total. The molecule has 0 radical (unpaired) electrons. The van der Waals surface area contributed by atoms with Crippen molar-refractivity contribution in [1.29, 1.82) is 0 Å². The van der Waals surface area contributed by atoms with Crippen molar-refractivity contribution >= 4 is 13.6 Å². The fourth-order valence-corrected chi connectivity index (χ4v) is 8.01. The Morgan fingerprint density at radius 2 is 1.00 bits per heavy atom.